The van der Waals surface area contributed by atoms with Gasteiger partial charge in [-0.25, -0.2) is 13.4 Å². The molecule has 7 heteroatoms. The Kier molecular flexibility index (Phi) is 3.10. The van der Waals surface area contributed by atoms with E-state index in [4.69, 9.17) is 5.73 Å². The Balaban J connectivity index is 1.80. The van der Waals surface area contributed by atoms with Crippen LogP contribution in [0.1, 0.15) is 12.8 Å². The van der Waals surface area contributed by atoms with Gasteiger partial charge in [-0.2, -0.15) is 0 Å². The van der Waals surface area contributed by atoms with Crippen LogP contribution in [0.4, 0.5) is 11.4 Å². The van der Waals surface area contributed by atoms with Crippen LogP contribution in [0.2, 0.25) is 0 Å². The Hall–Kier alpha value is -1.34. The molecule has 102 valence electrons. The highest BCUT2D eigenvalue weighted by molar-refractivity contribution is 7.91. The molecule has 5 nitrogen and oxygen atoms in total. The van der Waals surface area contributed by atoms with Gasteiger partial charge in [-0.3, -0.25) is 0 Å². The Morgan fingerprint density at radius 2 is 2.05 bits per heavy atom. The molecule has 0 saturated carbocycles. The van der Waals surface area contributed by atoms with E-state index in [0.717, 1.165) is 15.9 Å². The number of rotatable bonds is 2. The minimum Gasteiger partial charge on any atom is -0.395 e. The second kappa shape index (κ2) is 4.64. The summed E-state index contributed by atoms with van der Waals surface area (Å²) in [5, 5.41) is 3.34. The summed E-state index contributed by atoms with van der Waals surface area (Å²) in [7, 11) is -2.83. The topological polar surface area (TPSA) is 85.1 Å². The summed E-state index contributed by atoms with van der Waals surface area (Å²) in [5.74, 6) is 0.507. The van der Waals surface area contributed by atoms with Gasteiger partial charge in [0.15, 0.2) is 0 Å². The van der Waals surface area contributed by atoms with Crippen molar-refractivity contribution >= 4 is 42.8 Å². The van der Waals surface area contributed by atoms with E-state index in [0.29, 0.717) is 18.5 Å². The van der Waals surface area contributed by atoms with Crippen molar-refractivity contribution in [2.75, 3.05) is 22.6 Å². The second-order valence-corrected chi connectivity index (χ2v) is 7.99. The zero-order valence-electron chi connectivity index (χ0n) is 10.3. The molecule has 0 spiro atoms. The summed E-state index contributed by atoms with van der Waals surface area (Å²) in [5.41, 5.74) is 10.2. The molecule has 0 amide bonds. The number of aromatic nitrogens is 1. The fourth-order valence-corrected chi connectivity index (χ4v) is 4.52. The van der Waals surface area contributed by atoms with Crippen LogP contribution < -0.4 is 11.1 Å². The standard InChI is InChI=1S/C12H15N3O2S2/c13-11-9(1-2-10-12(11)14-7-18-10)15-8-3-5-19(16,17)6-4-8/h1-2,7-8,15H,3-6,13H2. The first-order chi connectivity index (χ1) is 9.05. The fraction of sp³-hybridized carbons (Fsp3) is 0.417. The van der Waals surface area contributed by atoms with Crippen molar-refractivity contribution in [3.05, 3.63) is 17.6 Å². The van der Waals surface area contributed by atoms with Crippen LogP contribution in [-0.4, -0.2) is 30.9 Å². The molecule has 0 radical (unpaired) electrons. The number of nitrogen functional groups attached to an aromatic ring is 1. The van der Waals surface area contributed by atoms with Gasteiger partial charge in [-0.15, -0.1) is 11.3 Å². The van der Waals surface area contributed by atoms with Crippen molar-refractivity contribution in [2.45, 2.75) is 18.9 Å². The van der Waals surface area contributed by atoms with E-state index in [2.05, 4.69) is 10.3 Å². The number of nitrogens with zero attached hydrogens (tertiary/aromatic N) is 1. The van der Waals surface area contributed by atoms with E-state index in [1.54, 1.807) is 16.8 Å². The lowest BCUT2D eigenvalue weighted by Gasteiger charge is -2.24. The van der Waals surface area contributed by atoms with Gasteiger partial charge in [0, 0.05) is 6.04 Å². The molecule has 1 aliphatic rings. The van der Waals surface area contributed by atoms with Gasteiger partial charge in [-0.05, 0) is 25.0 Å². The van der Waals surface area contributed by atoms with Gasteiger partial charge in [0.25, 0.3) is 0 Å². The monoisotopic (exact) mass is 297 g/mol. The molecule has 1 fully saturated rings. The molecule has 0 unspecified atom stereocenters. The number of nitrogens with one attached hydrogen (secondary N) is 1. The van der Waals surface area contributed by atoms with Gasteiger partial charge in [0.1, 0.15) is 15.4 Å². The van der Waals surface area contributed by atoms with Gasteiger partial charge in [0.05, 0.1) is 33.1 Å². The Bertz CT molecular complexity index is 695. The molecule has 1 aliphatic heterocycles. The van der Waals surface area contributed by atoms with Gasteiger partial charge in [0.2, 0.25) is 0 Å². The molecule has 3 rings (SSSR count). The van der Waals surface area contributed by atoms with Crippen LogP contribution in [0.5, 0.6) is 0 Å². The molecular formula is C12H15N3O2S2. The van der Waals surface area contributed by atoms with Crippen LogP contribution in [0.3, 0.4) is 0 Å². The molecule has 1 saturated heterocycles. The minimum atomic E-state index is -2.83. The maximum Gasteiger partial charge on any atom is 0.150 e. The van der Waals surface area contributed by atoms with Crippen LogP contribution in [-0.2, 0) is 9.84 Å². The van der Waals surface area contributed by atoms with Crippen LogP contribution in [0.15, 0.2) is 17.6 Å². The molecule has 3 N–H and O–H groups in total. The van der Waals surface area contributed by atoms with Crippen molar-refractivity contribution in [3.8, 4) is 0 Å². The van der Waals surface area contributed by atoms with Crippen LogP contribution in [0.25, 0.3) is 10.2 Å². The van der Waals surface area contributed by atoms with Crippen molar-refractivity contribution < 1.29 is 8.42 Å². The predicted octanol–water partition coefficient (Wildman–Crippen LogP) is 1.87. The normalized spacial score (nSPS) is 19.6. The molecule has 2 heterocycles. The third-order valence-corrected chi connectivity index (χ3v) is 5.97. The molecule has 1 aromatic carbocycles. The number of anilines is 2. The highest BCUT2D eigenvalue weighted by Gasteiger charge is 2.24. The lowest BCUT2D eigenvalue weighted by molar-refractivity contribution is 0.559. The summed E-state index contributed by atoms with van der Waals surface area (Å²) in [6, 6.07) is 4.10. The second-order valence-electron chi connectivity index (χ2n) is 4.80. The average Bonchev–Trinajstić information content (AvgIpc) is 2.84. The summed E-state index contributed by atoms with van der Waals surface area (Å²) < 4.78 is 23.9. The van der Waals surface area contributed by atoms with Crippen molar-refractivity contribution in [1.29, 1.82) is 0 Å². The van der Waals surface area contributed by atoms with E-state index in [1.165, 1.54) is 0 Å². The number of nitrogens with two attached hydrogens (primary N) is 1. The summed E-state index contributed by atoms with van der Waals surface area (Å²) in [6.07, 6.45) is 1.27. The van der Waals surface area contributed by atoms with Crippen LogP contribution >= 0.6 is 11.3 Å². The van der Waals surface area contributed by atoms with Crippen molar-refractivity contribution in [2.24, 2.45) is 0 Å². The van der Waals surface area contributed by atoms with Gasteiger partial charge < -0.3 is 11.1 Å². The van der Waals surface area contributed by atoms with E-state index in [9.17, 15) is 8.42 Å². The molecule has 0 bridgehead atoms. The average molecular weight is 297 g/mol. The molecule has 19 heavy (non-hydrogen) atoms. The first kappa shape index (κ1) is 12.7. The lowest BCUT2D eigenvalue weighted by Crippen LogP contribution is -2.32. The quantitative estimate of drug-likeness (QED) is 0.827. The number of thiazole rings is 1. The fourth-order valence-electron chi connectivity index (χ4n) is 2.33. The van der Waals surface area contributed by atoms with E-state index >= 15 is 0 Å². The predicted molar refractivity (Wildman–Crippen MR) is 79.3 cm³/mol. The van der Waals surface area contributed by atoms with E-state index in [-0.39, 0.29) is 17.5 Å². The van der Waals surface area contributed by atoms with E-state index < -0.39 is 9.84 Å². The maximum absolute atomic E-state index is 11.4. The molecule has 0 atom stereocenters. The summed E-state index contributed by atoms with van der Waals surface area (Å²) >= 11 is 1.56. The summed E-state index contributed by atoms with van der Waals surface area (Å²) in [4.78, 5) is 4.25. The van der Waals surface area contributed by atoms with Gasteiger partial charge >= 0.3 is 0 Å². The highest BCUT2D eigenvalue weighted by atomic mass is 32.2. The summed E-state index contributed by atoms with van der Waals surface area (Å²) in [6.45, 7) is 0. The zero-order valence-corrected chi connectivity index (χ0v) is 11.9. The maximum atomic E-state index is 11.4. The SMILES string of the molecule is Nc1c(NC2CCS(=O)(=O)CC2)ccc2scnc12. The number of sulfone groups is 1. The third kappa shape index (κ3) is 2.52. The lowest BCUT2D eigenvalue weighted by atomic mass is 10.1. The minimum absolute atomic E-state index is 0.168. The highest BCUT2D eigenvalue weighted by Crippen LogP contribution is 2.31. The molecular weight excluding hydrogens is 282 g/mol. The smallest absolute Gasteiger partial charge is 0.150 e. The number of hydrogen-bond donors (Lipinski definition) is 2. The van der Waals surface area contributed by atoms with Gasteiger partial charge in [-0.1, -0.05) is 0 Å². The van der Waals surface area contributed by atoms with E-state index in [1.807, 2.05) is 12.1 Å². The third-order valence-electron chi connectivity index (χ3n) is 3.46. The van der Waals surface area contributed by atoms with Crippen molar-refractivity contribution in [3.63, 3.8) is 0 Å². The van der Waals surface area contributed by atoms with Crippen molar-refractivity contribution in [1.82, 2.24) is 4.98 Å². The molecule has 0 aliphatic carbocycles. The Labute approximate surface area is 115 Å². The zero-order chi connectivity index (χ0) is 13.5. The first-order valence-electron chi connectivity index (χ1n) is 6.14. The Morgan fingerprint density at radius 1 is 1.32 bits per heavy atom. The Morgan fingerprint density at radius 3 is 2.79 bits per heavy atom. The number of benzene rings is 1. The first-order valence-corrected chi connectivity index (χ1v) is 8.84. The number of fused-ring (bicyclic) bond motifs is 1. The molecule has 2 aromatic rings. The van der Waals surface area contributed by atoms with Crippen LogP contribution in [0, 0.1) is 0 Å². The number of hydrogen-bond acceptors (Lipinski definition) is 6. The largest absolute Gasteiger partial charge is 0.395 e. The molecule has 1 aromatic heterocycles.